The van der Waals surface area contributed by atoms with Crippen molar-refractivity contribution in [3.05, 3.63) is 71.8 Å². The number of benzene rings is 3. The van der Waals surface area contributed by atoms with Crippen LogP contribution >= 0.6 is 0 Å². The van der Waals surface area contributed by atoms with Gasteiger partial charge in [-0.3, -0.25) is 9.69 Å². The molecule has 1 heterocycles. The summed E-state index contributed by atoms with van der Waals surface area (Å²) in [6.07, 6.45) is 0.682. The van der Waals surface area contributed by atoms with Crippen LogP contribution in [0.25, 0.3) is 10.8 Å². The molecule has 1 aliphatic rings. The number of nitrogens with zero attached hydrogens (tertiary/aromatic N) is 1. The van der Waals surface area contributed by atoms with Crippen LogP contribution in [0.5, 0.6) is 5.75 Å². The molecule has 0 aliphatic carbocycles. The van der Waals surface area contributed by atoms with Crippen molar-refractivity contribution in [3.63, 3.8) is 0 Å². The molecule has 7 heteroatoms. The number of rotatable bonds is 4. The molecule has 0 spiro atoms. The van der Waals surface area contributed by atoms with Crippen LogP contribution in [0.4, 0.5) is 0 Å². The lowest BCUT2D eigenvalue weighted by molar-refractivity contribution is -0.123. The van der Waals surface area contributed by atoms with E-state index in [1.54, 1.807) is 36.4 Å². The number of hydrogen-bond acceptors (Lipinski definition) is 5. The van der Waals surface area contributed by atoms with E-state index in [0.29, 0.717) is 18.4 Å². The summed E-state index contributed by atoms with van der Waals surface area (Å²) in [5, 5.41) is 1.43. The minimum absolute atomic E-state index is 0.123. The Labute approximate surface area is 163 Å². The van der Waals surface area contributed by atoms with Gasteiger partial charge in [0.05, 0.1) is 0 Å². The molecule has 0 aromatic heterocycles. The number of carbonyl (C=O) groups is 1. The number of primary amides is 1. The predicted molar refractivity (Wildman–Crippen MR) is 106 cm³/mol. The summed E-state index contributed by atoms with van der Waals surface area (Å²) in [7, 11) is -2.17. The fourth-order valence-corrected chi connectivity index (χ4v) is 4.88. The molecule has 1 unspecified atom stereocenters. The van der Waals surface area contributed by atoms with Gasteiger partial charge in [-0.25, -0.2) is 0 Å². The van der Waals surface area contributed by atoms with Crippen molar-refractivity contribution in [1.82, 2.24) is 4.90 Å². The van der Waals surface area contributed by atoms with Gasteiger partial charge in [0, 0.05) is 11.9 Å². The topological polar surface area (TPSA) is 89.7 Å². The van der Waals surface area contributed by atoms with E-state index in [4.69, 9.17) is 9.92 Å². The van der Waals surface area contributed by atoms with Crippen molar-refractivity contribution < 1.29 is 17.4 Å². The second-order valence-electron chi connectivity index (χ2n) is 6.91. The lowest BCUT2D eigenvalue weighted by Gasteiger charge is -2.32. The molecule has 0 fully saturated rings. The number of nitrogens with two attached hydrogens (primary N) is 1. The highest BCUT2D eigenvalue weighted by Crippen LogP contribution is 2.32. The molecule has 1 amide bonds. The van der Waals surface area contributed by atoms with E-state index in [-0.39, 0.29) is 10.6 Å². The van der Waals surface area contributed by atoms with Crippen LogP contribution in [0.2, 0.25) is 0 Å². The second-order valence-corrected chi connectivity index (χ2v) is 8.43. The van der Waals surface area contributed by atoms with Crippen LogP contribution in [-0.4, -0.2) is 32.8 Å². The maximum atomic E-state index is 12.9. The molecule has 2 N–H and O–H groups in total. The van der Waals surface area contributed by atoms with Crippen molar-refractivity contribution in [2.75, 3.05) is 13.6 Å². The number of carbonyl (C=O) groups excluding carboxylic acids is 1. The van der Waals surface area contributed by atoms with E-state index in [1.807, 2.05) is 30.1 Å². The van der Waals surface area contributed by atoms with Crippen molar-refractivity contribution in [3.8, 4) is 5.75 Å². The van der Waals surface area contributed by atoms with Gasteiger partial charge in [0.2, 0.25) is 5.91 Å². The summed E-state index contributed by atoms with van der Waals surface area (Å²) in [5.41, 5.74) is 7.19. The Kier molecular flexibility index (Phi) is 4.56. The Bertz CT molecular complexity index is 1170. The molecule has 0 saturated heterocycles. The van der Waals surface area contributed by atoms with Gasteiger partial charge in [-0.1, -0.05) is 42.5 Å². The van der Waals surface area contributed by atoms with E-state index < -0.39 is 22.1 Å². The molecule has 144 valence electrons. The molecule has 6 nitrogen and oxygen atoms in total. The van der Waals surface area contributed by atoms with Crippen molar-refractivity contribution in [2.24, 2.45) is 5.73 Å². The van der Waals surface area contributed by atoms with Crippen LogP contribution in [0.15, 0.2) is 65.6 Å². The van der Waals surface area contributed by atoms with Gasteiger partial charge in [0.25, 0.3) is 0 Å². The van der Waals surface area contributed by atoms with Crippen LogP contribution in [-0.2, 0) is 21.3 Å². The molecule has 3 aromatic rings. The molecule has 28 heavy (non-hydrogen) atoms. The van der Waals surface area contributed by atoms with Gasteiger partial charge in [-0.15, -0.1) is 0 Å². The minimum Gasteiger partial charge on any atom is -0.379 e. The van der Waals surface area contributed by atoms with Crippen LogP contribution < -0.4 is 9.92 Å². The standard InChI is InChI=1S/C21H20N2O4S/c1-23-12-11-15-13-16(9-10-18(15)20(23)21(22)24)27-28(25,26)19-8-4-6-14-5-2-3-7-17(14)19/h2-10,13,20H,11-12H2,1H3,(H2,22,24). The highest BCUT2D eigenvalue weighted by molar-refractivity contribution is 7.87. The average molecular weight is 396 g/mol. The van der Waals surface area contributed by atoms with E-state index in [2.05, 4.69) is 0 Å². The van der Waals surface area contributed by atoms with Crippen LogP contribution in [0.3, 0.4) is 0 Å². The van der Waals surface area contributed by atoms with Gasteiger partial charge in [0.15, 0.2) is 0 Å². The smallest absolute Gasteiger partial charge is 0.339 e. The predicted octanol–water partition coefficient (Wildman–Crippen LogP) is 2.62. The summed E-state index contributed by atoms with van der Waals surface area (Å²) < 4.78 is 31.2. The molecule has 1 aliphatic heterocycles. The van der Waals surface area contributed by atoms with Gasteiger partial charge in [-0.05, 0) is 48.2 Å². The van der Waals surface area contributed by atoms with Crippen molar-refractivity contribution >= 4 is 26.8 Å². The first-order valence-electron chi connectivity index (χ1n) is 8.91. The fourth-order valence-electron chi connectivity index (χ4n) is 3.74. The first-order chi connectivity index (χ1) is 13.4. The Morgan fingerprint density at radius 2 is 1.86 bits per heavy atom. The third-order valence-electron chi connectivity index (χ3n) is 5.08. The molecule has 0 saturated carbocycles. The first kappa shape index (κ1) is 18.5. The van der Waals surface area contributed by atoms with E-state index in [1.165, 1.54) is 6.07 Å². The molecule has 4 rings (SSSR count). The molecule has 0 bridgehead atoms. The highest BCUT2D eigenvalue weighted by atomic mass is 32.2. The van der Waals surface area contributed by atoms with E-state index >= 15 is 0 Å². The van der Waals surface area contributed by atoms with Gasteiger partial charge >= 0.3 is 10.1 Å². The van der Waals surface area contributed by atoms with Crippen molar-refractivity contribution in [1.29, 1.82) is 0 Å². The van der Waals surface area contributed by atoms with Gasteiger partial charge in [0.1, 0.15) is 16.7 Å². The number of likely N-dealkylation sites (N-methyl/N-ethyl adjacent to an activating group) is 1. The monoisotopic (exact) mass is 396 g/mol. The largest absolute Gasteiger partial charge is 0.379 e. The summed E-state index contributed by atoms with van der Waals surface area (Å²) in [5.74, 6) is -0.208. The zero-order chi connectivity index (χ0) is 19.9. The Hall–Kier alpha value is -2.90. The van der Waals surface area contributed by atoms with Gasteiger partial charge in [-0.2, -0.15) is 8.42 Å². The number of amides is 1. The molecular weight excluding hydrogens is 376 g/mol. The SMILES string of the molecule is CN1CCc2cc(OS(=O)(=O)c3cccc4ccccc34)ccc2C1C(N)=O. The Morgan fingerprint density at radius 3 is 2.64 bits per heavy atom. The summed E-state index contributed by atoms with van der Waals surface area (Å²) >= 11 is 0. The molecule has 1 atom stereocenters. The second kappa shape index (κ2) is 6.92. The fraction of sp³-hybridized carbons (Fsp3) is 0.190. The maximum absolute atomic E-state index is 12.9. The molecular formula is C21H20N2O4S. The lowest BCUT2D eigenvalue weighted by Crippen LogP contribution is -2.40. The van der Waals surface area contributed by atoms with E-state index in [9.17, 15) is 13.2 Å². The molecule has 0 radical (unpaired) electrons. The molecule has 3 aromatic carbocycles. The minimum atomic E-state index is -4.01. The van der Waals surface area contributed by atoms with Crippen LogP contribution in [0, 0.1) is 0 Å². The lowest BCUT2D eigenvalue weighted by atomic mass is 9.92. The summed E-state index contributed by atoms with van der Waals surface area (Å²) in [6.45, 7) is 0.653. The third kappa shape index (κ3) is 3.23. The Morgan fingerprint density at radius 1 is 1.11 bits per heavy atom. The quantitative estimate of drug-likeness (QED) is 0.685. The normalized spacial score (nSPS) is 17.2. The third-order valence-corrected chi connectivity index (χ3v) is 6.38. The summed E-state index contributed by atoms with van der Waals surface area (Å²) in [6, 6.07) is 16.8. The van der Waals surface area contributed by atoms with Gasteiger partial charge < -0.3 is 9.92 Å². The van der Waals surface area contributed by atoms with E-state index in [0.717, 1.165) is 16.5 Å². The zero-order valence-electron chi connectivity index (χ0n) is 15.3. The number of fused-ring (bicyclic) bond motifs is 2. The Balaban J connectivity index is 1.70. The highest BCUT2D eigenvalue weighted by Gasteiger charge is 2.30. The zero-order valence-corrected chi connectivity index (χ0v) is 16.1. The van der Waals surface area contributed by atoms with Crippen molar-refractivity contribution in [2.45, 2.75) is 17.4 Å². The van der Waals surface area contributed by atoms with Crippen LogP contribution in [0.1, 0.15) is 17.2 Å². The average Bonchev–Trinajstić information content (AvgIpc) is 2.67. The first-order valence-corrected chi connectivity index (χ1v) is 10.3. The maximum Gasteiger partial charge on any atom is 0.339 e. The summed E-state index contributed by atoms with van der Waals surface area (Å²) in [4.78, 5) is 13.8. The number of hydrogen-bond donors (Lipinski definition) is 1.